The molecule has 1 aliphatic rings. The summed E-state index contributed by atoms with van der Waals surface area (Å²) in [5.41, 5.74) is 0.612. The van der Waals surface area contributed by atoms with Gasteiger partial charge in [0.2, 0.25) is 0 Å². The molecule has 0 spiro atoms. The normalized spacial score (nSPS) is 32.7. The fraction of sp³-hybridized carbons (Fsp3) is 0.700. The number of carboxylic acids is 1. The molecule has 1 saturated heterocycles. The van der Waals surface area contributed by atoms with Crippen LogP contribution in [0.2, 0.25) is 0 Å². The summed E-state index contributed by atoms with van der Waals surface area (Å²) in [6.07, 6.45) is -0.400. The lowest BCUT2D eigenvalue weighted by molar-refractivity contribution is -0.134. The average Bonchev–Trinajstić information content (AvgIpc) is 2.11. The maximum atomic E-state index is 10.4. The van der Waals surface area contributed by atoms with E-state index >= 15 is 0 Å². The van der Waals surface area contributed by atoms with Gasteiger partial charge < -0.3 is 20.1 Å². The van der Waals surface area contributed by atoms with E-state index in [9.17, 15) is 15.0 Å². The summed E-state index contributed by atoms with van der Waals surface area (Å²) >= 11 is 0. The van der Waals surface area contributed by atoms with Crippen molar-refractivity contribution in [3.63, 3.8) is 0 Å². The molecule has 1 aliphatic heterocycles. The number of ether oxygens (including phenoxy) is 1. The monoisotopic (exact) mass is 216 g/mol. The zero-order chi connectivity index (χ0) is 11.4. The summed E-state index contributed by atoms with van der Waals surface area (Å²) in [5.74, 6) is -1.02. The Morgan fingerprint density at radius 3 is 2.80 bits per heavy atom. The molecule has 15 heavy (non-hydrogen) atoms. The predicted molar refractivity (Wildman–Crippen MR) is 52.4 cm³/mol. The molecular weight excluding hydrogens is 200 g/mol. The topological polar surface area (TPSA) is 87.0 Å². The van der Waals surface area contributed by atoms with Crippen molar-refractivity contribution in [1.82, 2.24) is 0 Å². The van der Waals surface area contributed by atoms with Gasteiger partial charge in [-0.15, -0.1) is 0 Å². The second-order valence-electron chi connectivity index (χ2n) is 3.79. The third kappa shape index (κ3) is 3.62. The zero-order valence-corrected chi connectivity index (χ0v) is 8.59. The minimum atomic E-state index is -1.02. The van der Waals surface area contributed by atoms with Crippen molar-refractivity contribution in [2.24, 2.45) is 0 Å². The largest absolute Gasteiger partial charge is 0.478 e. The molecule has 1 rings (SSSR count). The summed E-state index contributed by atoms with van der Waals surface area (Å²) in [6.45, 7) is 2.05. The Hall–Kier alpha value is -0.910. The molecule has 3 N–H and O–H groups in total. The fourth-order valence-corrected chi connectivity index (χ4v) is 1.62. The maximum Gasteiger partial charge on any atom is 0.328 e. The number of carboxylic acid groups (broad SMARTS) is 1. The van der Waals surface area contributed by atoms with Crippen molar-refractivity contribution in [1.29, 1.82) is 0 Å². The van der Waals surface area contributed by atoms with E-state index in [1.54, 1.807) is 6.92 Å². The molecule has 0 bridgehead atoms. The first-order chi connectivity index (χ1) is 7.00. The van der Waals surface area contributed by atoms with Crippen LogP contribution in [0.25, 0.3) is 0 Å². The minimum Gasteiger partial charge on any atom is -0.478 e. The van der Waals surface area contributed by atoms with Gasteiger partial charge in [-0.1, -0.05) is 5.57 Å². The molecule has 5 heteroatoms. The molecular formula is C10H16O5. The van der Waals surface area contributed by atoms with Crippen molar-refractivity contribution in [2.45, 2.75) is 38.1 Å². The molecule has 3 unspecified atom stereocenters. The average molecular weight is 216 g/mol. The van der Waals surface area contributed by atoms with Gasteiger partial charge in [0.25, 0.3) is 0 Å². The van der Waals surface area contributed by atoms with E-state index in [0.717, 1.165) is 6.08 Å². The first-order valence-corrected chi connectivity index (χ1v) is 4.88. The first-order valence-electron chi connectivity index (χ1n) is 4.88. The zero-order valence-electron chi connectivity index (χ0n) is 8.59. The molecule has 1 heterocycles. The van der Waals surface area contributed by atoms with Crippen LogP contribution in [0.5, 0.6) is 0 Å². The molecule has 0 aromatic carbocycles. The van der Waals surface area contributed by atoms with Crippen LogP contribution >= 0.6 is 0 Å². The Morgan fingerprint density at radius 2 is 2.20 bits per heavy atom. The lowest BCUT2D eigenvalue weighted by Gasteiger charge is -2.32. The van der Waals surface area contributed by atoms with Gasteiger partial charge in [0.15, 0.2) is 0 Å². The van der Waals surface area contributed by atoms with Crippen LogP contribution in [0, 0.1) is 0 Å². The van der Waals surface area contributed by atoms with E-state index in [-0.39, 0.29) is 0 Å². The van der Waals surface area contributed by atoms with Crippen molar-refractivity contribution in [2.75, 3.05) is 6.61 Å². The second-order valence-corrected chi connectivity index (χ2v) is 3.79. The highest BCUT2D eigenvalue weighted by molar-refractivity contribution is 5.80. The highest BCUT2D eigenvalue weighted by Gasteiger charge is 2.31. The van der Waals surface area contributed by atoms with Crippen molar-refractivity contribution < 1.29 is 24.9 Å². The molecule has 0 radical (unpaired) electrons. The van der Waals surface area contributed by atoms with Gasteiger partial charge in [-0.2, -0.15) is 0 Å². The van der Waals surface area contributed by atoms with E-state index in [4.69, 9.17) is 9.84 Å². The Labute approximate surface area is 88.0 Å². The fourth-order valence-electron chi connectivity index (χ4n) is 1.62. The molecule has 0 saturated carbocycles. The lowest BCUT2D eigenvalue weighted by Crippen LogP contribution is -2.44. The van der Waals surface area contributed by atoms with Gasteiger partial charge in [0.05, 0.1) is 12.2 Å². The van der Waals surface area contributed by atoms with Crippen molar-refractivity contribution >= 4 is 5.97 Å². The Kier molecular flexibility index (Phi) is 4.26. The van der Waals surface area contributed by atoms with Crippen LogP contribution in [0.1, 0.15) is 19.8 Å². The smallest absolute Gasteiger partial charge is 0.328 e. The molecule has 0 aromatic heterocycles. The summed E-state index contributed by atoms with van der Waals surface area (Å²) in [5, 5.41) is 27.5. The quantitative estimate of drug-likeness (QED) is 0.574. The highest BCUT2D eigenvalue weighted by atomic mass is 16.5. The number of carbonyl (C=O) groups is 1. The molecule has 3 atom stereocenters. The van der Waals surface area contributed by atoms with Gasteiger partial charge >= 0.3 is 5.97 Å². The van der Waals surface area contributed by atoms with Gasteiger partial charge in [-0.25, -0.2) is 4.79 Å². The van der Waals surface area contributed by atoms with Crippen LogP contribution in [0.4, 0.5) is 0 Å². The number of hydrogen-bond acceptors (Lipinski definition) is 4. The number of aliphatic carboxylic acids is 1. The maximum absolute atomic E-state index is 10.4. The summed E-state index contributed by atoms with van der Waals surface area (Å²) in [7, 11) is 0. The van der Waals surface area contributed by atoms with Gasteiger partial charge in [-0.05, 0) is 19.8 Å². The number of hydrogen-bond donors (Lipinski definition) is 3. The molecule has 0 aliphatic carbocycles. The van der Waals surface area contributed by atoms with Gasteiger partial charge in [0.1, 0.15) is 6.10 Å². The van der Waals surface area contributed by atoms with E-state index in [2.05, 4.69) is 0 Å². The standard InChI is InChI=1S/C10H16O5/c1-6(5-9(12)13)4-8-10(14)7(11)2-3-15-8/h5,7-8,10-11,14H,2-4H2,1H3,(H,12,13)/b6-5+. The Bertz CT molecular complexity index is 261. The first kappa shape index (κ1) is 12.2. The molecule has 86 valence electrons. The summed E-state index contributed by atoms with van der Waals surface area (Å²) in [4.78, 5) is 10.4. The van der Waals surface area contributed by atoms with Crippen LogP contribution < -0.4 is 0 Å². The Balaban J connectivity index is 2.53. The van der Waals surface area contributed by atoms with Crippen molar-refractivity contribution in [3.8, 4) is 0 Å². The van der Waals surface area contributed by atoms with Crippen LogP contribution in [0.15, 0.2) is 11.6 Å². The van der Waals surface area contributed by atoms with Crippen LogP contribution in [0.3, 0.4) is 0 Å². The SMILES string of the molecule is C/C(=C\C(=O)O)CC1OCCC(O)C1O. The van der Waals surface area contributed by atoms with Gasteiger partial charge in [-0.3, -0.25) is 0 Å². The Morgan fingerprint density at radius 1 is 1.53 bits per heavy atom. The number of aliphatic hydroxyl groups is 2. The lowest BCUT2D eigenvalue weighted by atomic mass is 9.97. The van der Waals surface area contributed by atoms with E-state index in [1.807, 2.05) is 0 Å². The number of aliphatic hydroxyl groups excluding tert-OH is 2. The second kappa shape index (κ2) is 5.25. The molecule has 0 amide bonds. The van der Waals surface area contributed by atoms with E-state index < -0.39 is 24.3 Å². The van der Waals surface area contributed by atoms with Gasteiger partial charge in [0, 0.05) is 12.7 Å². The summed E-state index contributed by atoms with van der Waals surface area (Å²) < 4.78 is 5.27. The van der Waals surface area contributed by atoms with Crippen LogP contribution in [-0.4, -0.2) is 46.2 Å². The van der Waals surface area contributed by atoms with E-state index in [1.165, 1.54) is 0 Å². The third-order valence-corrected chi connectivity index (χ3v) is 2.41. The predicted octanol–water partition coefficient (Wildman–Crippen LogP) is -0.0819. The molecule has 1 fully saturated rings. The van der Waals surface area contributed by atoms with E-state index in [0.29, 0.717) is 25.0 Å². The number of rotatable bonds is 3. The minimum absolute atomic E-state index is 0.324. The molecule has 0 aromatic rings. The van der Waals surface area contributed by atoms with Crippen LogP contribution in [-0.2, 0) is 9.53 Å². The summed E-state index contributed by atoms with van der Waals surface area (Å²) in [6, 6.07) is 0. The highest BCUT2D eigenvalue weighted by Crippen LogP contribution is 2.20. The van der Waals surface area contributed by atoms with Crippen molar-refractivity contribution in [3.05, 3.63) is 11.6 Å². The third-order valence-electron chi connectivity index (χ3n) is 2.41. The molecule has 5 nitrogen and oxygen atoms in total.